The van der Waals surface area contributed by atoms with Crippen LogP contribution in [0.25, 0.3) is 6.08 Å². The largest absolute Gasteiger partial charge is 0.293 e. The lowest BCUT2D eigenvalue weighted by molar-refractivity contribution is 0.613. The van der Waals surface area contributed by atoms with E-state index in [9.17, 15) is 0 Å². The summed E-state index contributed by atoms with van der Waals surface area (Å²) in [5.74, 6) is 0. The molecule has 0 saturated heterocycles. The Morgan fingerprint density at radius 3 is 2.44 bits per heavy atom. The van der Waals surface area contributed by atoms with Crippen LogP contribution in [0.4, 0.5) is 0 Å². The van der Waals surface area contributed by atoms with Crippen molar-refractivity contribution < 1.29 is 0 Å². The van der Waals surface area contributed by atoms with E-state index in [1.54, 1.807) is 0 Å². The zero-order chi connectivity index (χ0) is 12.9. The molecule has 0 fully saturated rings. The van der Waals surface area contributed by atoms with Crippen molar-refractivity contribution >= 4 is 12.3 Å². The van der Waals surface area contributed by atoms with Crippen LogP contribution in [-0.4, -0.2) is 12.8 Å². The van der Waals surface area contributed by atoms with Crippen molar-refractivity contribution in [3.8, 4) is 0 Å². The number of hydrogen-bond acceptors (Lipinski definition) is 1. The summed E-state index contributed by atoms with van der Waals surface area (Å²) in [6.45, 7) is 3.22. The molecule has 1 heteroatoms. The van der Waals surface area contributed by atoms with Crippen LogP contribution in [0.5, 0.6) is 0 Å². The highest BCUT2D eigenvalue weighted by Crippen LogP contribution is 2.04. The van der Waals surface area contributed by atoms with E-state index < -0.39 is 0 Å². The first kappa shape index (κ1) is 14.7. The molecule has 0 aliphatic carbocycles. The van der Waals surface area contributed by atoms with Gasteiger partial charge in [0.1, 0.15) is 0 Å². The fourth-order valence-electron chi connectivity index (χ4n) is 1.84. The van der Waals surface area contributed by atoms with Gasteiger partial charge >= 0.3 is 0 Å². The number of aliphatic imine (C=N–C) groups is 1. The summed E-state index contributed by atoms with van der Waals surface area (Å²) >= 11 is 0. The van der Waals surface area contributed by atoms with E-state index in [-0.39, 0.29) is 0 Å². The Hall–Kier alpha value is -1.37. The summed E-state index contributed by atoms with van der Waals surface area (Å²) in [4.78, 5) is 4.39. The molecule has 1 aromatic rings. The zero-order valence-electron chi connectivity index (χ0n) is 11.5. The molecule has 0 N–H and O–H groups in total. The molecule has 0 saturated carbocycles. The summed E-state index contributed by atoms with van der Waals surface area (Å²) < 4.78 is 0. The van der Waals surface area contributed by atoms with Crippen LogP contribution in [0.15, 0.2) is 41.4 Å². The predicted octanol–water partition coefficient (Wildman–Crippen LogP) is 5.13. The second-order valence-corrected chi connectivity index (χ2v) is 4.59. The molecule has 0 aromatic heterocycles. The molecule has 0 aliphatic rings. The van der Waals surface area contributed by atoms with Crippen LogP contribution >= 0.6 is 0 Å². The van der Waals surface area contributed by atoms with Crippen LogP contribution in [-0.2, 0) is 0 Å². The number of hydrogen-bond donors (Lipinski definition) is 0. The lowest BCUT2D eigenvalue weighted by Gasteiger charge is -1.97. The third kappa shape index (κ3) is 7.83. The van der Waals surface area contributed by atoms with Crippen molar-refractivity contribution in [2.75, 3.05) is 6.54 Å². The SMILES string of the molecule is CCCCCCCCN=CC=Cc1ccccc1. The van der Waals surface area contributed by atoms with E-state index >= 15 is 0 Å². The summed E-state index contributed by atoms with van der Waals surface area (Å²) in [5, 5.41) is 0. The van der Waals surface area contributed by atoms with Crippen LogP contribution in [0.3, 0.4) is 0 Å². The van der Waals surface area contributed by atoms with Gasteiger partial charge < -0.3 is 0 Å². The third-order valence-electron chi connectivity index (χ3n) is 2.92. The van der Waals surface area contributed by atoms with E-state index in [0.717, 1.165) is 6.54 Å². The van der Waals surface area contributed by atoms with Crippen molar-refractivity contribution in [1.82, 2.24) is 0 Å². The number of nitrogens with zero attached hydrogens (tertiary/aromatic N) is 1. The molecule has 0 aliphatic heterocycles. The summed E-state index contributed by atoms with van der Waals surface area (Å²) in [7, 11) is 0. The minimum atomic E-state index is 0.964. The topological polar surface area (TPSA) is 12.4 Å². The van der Waals surface area contributed by atoms with Gasteiger partial charge in [-0.15, -0.1) is 0 Å². The van der Waals surface area contributed by atoms with Crippen LogP contribution in [0.2, 0.25) is 0 Å². The molecule has 1 aromatic carbocycles. The molecular formula is C17H25N. The Bertz CT molecular complexity index is 338. The Kier molecular flexibility index (Phi) is 8.78. The van der Waals surface area contributed by atoms with Gasteiger partial charge in [-0.05, 0) is 18.1 Å². The normalized spacial score (nSPS) is 11.6. The maximum Gasteiger partial charge on any atom is 0.0389 e. The highest BCUT2D eigenvalue weighted by Gasteiger charge is 1.87. The monoisotopic (exact) mass is 243 g/mol. The van der Waals surface area contributed by atoms with Gasteiger partial charge in [0.05, 0.1) is 0 Å². The average molecular weight is 243 g/mol. The summed E-state index contributed by atoms with van der Waals surface area (Å²) in [6, 6.07) is 10.3. The summed E-state index contributed by atoms with van der Waals surface area (Å²) in [5.41, 5.74) is 1.23. The van der Waals surface area contributed by atoms with Gasteiger partial charge in [0.15, 0.2) is 0 Å². The molecule has 0 unspecified atom stereocenters. The maximum atomic E-state index is 4.39. The lowest BCUT2D eigenvalue weighted by Crippen LogP contribution is -1.83. The number of allylic oxidation sites excluding steroid dienone is 1. The Balaban J connectivity index is 2.02. The fourth-order valence-corrected chi connectivity index (χ4v) is 1.84. The van der Waals surface area contributed by atoms with Crippen molar-refractivity contribution in [1.29, 1.82) is 0 Å². The molecule has 0 heterocycles. The van der Waals surface area contributed by atoms with E-state index in [4.69, 9.17) is 0 Å². The van der Waals surface area contributed by atoms with Crippen LogP contribution in [0.1, 0.15) is 51.0 Å². The van der Waals surface area contributed by atoms with Crippen molar-refractivity contribution in [3.05, 3.63) is 42.0 Å². The van der Waals surface area contributed by atoms with Gasteiger partial charge in [0, 0.05) is 12.8 Å². The van der Waals surface area contributed by atoms with Gasteiger partial charge in [-0.25, -0.2) is 0 Å². The van der Waals surface area contributed by atoms with Gasteiger partial charge in [-0.1, -0.05) is 75.4 Å². The molecule has 0 spiro atoms. The number of unbranched alkanes of at least 4 members (excludes halogenated alkanes) is 5. The van der Waals surface area contributed by atoms with Gasteiger partial charge in [0.2, 0.25) is 0 Å². The highest BCUT2D eigenvalue weighted by molar-refractivity contribution is 5.78. The molecule has 98 valence electrons. The Morgan fingerprint density at radius 2 is 1.67 bits per heavy atom. The van der Waals surface area contributed by atoms with Gasteiger partial charge in [-0.3, -0.25) is 4.99 Å². The quantitative estimate of drug-likeness (QED) is 0.421. The number of rotatable bonds is 9. The minimum Gasteiger partial charge on any atom is -0.293 e. The van der Waals surface area contributed by atoms with Crippen molar-refractivity contribution in [3.63, 3.8) is 0 Å². The molecule has 1 nitrogen and oxygen atoms in total. The van der Waals surface area contributed by atoms with Gasteiger partial charge in [-0.2, -0.15) is 0 Å². The zero-order valence-corrected chi connectivity index (χ0v) is 11.5. The summed E-state index contributed by atoms with van der Waals surface area (Å²) in [6.07, 6.45) is 14.0. The van der Waals surface area contributed by atoms with Crippen LogP contribution in [0, 0.1) is 0 Å². The van der Waals surface area contributed by atoms with Crippen LogP contribution < -0.4 is 0 Å². The average Bonchev–Trinajstić information content (AvgIpc) is 2.42. The Labute approximate surface area is 112 Å². The molecule has 0 bridgehead atoms. The Morgan fingerprint density at radius 1 is 0.944 bits per heavy atom. The number of benzene rings is 1. The second kappa shape index (κ2) is 10.8. The minimum absolute atomic E-state index is 0.964. The third-order valence-corrected chi connectivity index (χ3v) is 2.92. The second-order valence-electron chi connectivity index (χ2n) is 4.59. The van der Waals surface area contributed by atoms with E-state index in [0.29, 0.717) is 0 Å². The van der Waals surface area contributed by atoms with Gasteiger partial charge in [0.25, 0.3) is 0 Å². The first-order valence-corrected chi connectivity index (χ1v) is 7.15. The maximum absolute atomic E-state index is 4.39. The van der Waals surface area contributed by atoms with E-state index in [2.05, 4.69) is 30.1 Å². The first-order chi connectivity index (χ1) is 8.93. The van der Waals surface area contributed by atoms with E-state index in [1.165, 1.54) is 44.1 Å². The lowest BCUT2D eigenvalue weighted by atomic mass is 10.1. The molecular weight excluding hydrogens is 218 g/mol. The molecule has 0 radical (unpaired) electrons. The van der Waals surface area contributed by atoms with E-state index in [1.807, 2.05) is 30.5 Å². The molecule has 18 heavy (non-hydrogen) atoms. The smallest absolute Gasteiger partial charge is 0.0389 e. The predicted molar refractivity (Wildman–Crippen MR) is 82.2 cm³/mol. The molecule has 0 atom stereocenters. The molecule has 1 rings (SSSR count). The molecule has 0 amide bonds. The highest BCUT2D eigenvalue weighted by atomic mass is 14.7. The standard InChI is InChI=1S/C17H25N/c1-2-3-4-5-6-10-15-18-16-11-14-17-12-8-7-9-13-17/h7-9,11-14,16H,2-6,10,15H2,1H3. The first-order valence-electron chi connectivity index (χ1n) is 7.15. The fraction of sp³-hybridized carbons (Fsp3) is 0.471. The van der Waals surface area contributed by atoms with Crippen molar-refractivity contribution in [2.45, 2.75) is 45.4 Å². The van der Waals surface area contributed by atoms with Crippen molar-refractivity contribution in [2.24, 2.45) is 4.99 Å².